The SMILES string of the molecule is CC(Cc1ccco1)NC(=O)N1C2CCC1C(C(=O)O)C2. The summed E-state index contributed by atoms with van der Waals surface area (Å²) in [5.41, 5.74) is 0. The van der Waals surface area contributed by atoms with E-state index in [1.54, 1.807) is 11.2 Å². The molecule has 0 radical (unpaired) electrons. The Morgan fingerprint density at radius 3 is 2.95 bits per heavy atom. The molecule has 6 heteroatoms. The average molecular weight is 292 g/mol. The van der Waals surface area contributed by atoms with Gasteiger partial charge >= 0.3 is 12.0 Å². The quantitative estimate of drug-likeness (QED) is 0.887. The highest BCUT2D eigenvalue weighted by atomic mass is 16.4. The van der Waals surface area contributed by atoms with Crippen molar-refractivity contribution in [3.63, 3.8) is 0 Å². The third-order valence-corrected chi connectivity index (χ3v) is 4.55. The van der Waals surface area contributed by atoms with Gasteiger partial charge in [-0.15, -0.1) is 0 Å². The van der Waals surface area contributed by atoms with Gasteiger partial charge in [-0.3, -0.25) is 4.79 Å². The first kappa shape index (κ1) is 14.0. The minimum atomic E-state index is -0.788. The fourth-order valence-corrected chi connectivity index (χ4v) is 3.64. The first-order chi connectivity index (χ1) is 10.1. The molecule has 0 aliphatic carbocycles. The number of hydrogen-bond acceptors (Lipinski definition) is 3. The Bertz CT molecular complexity index is 528. The van der Waals surface area contributed by atoms with Gasteiger partial charge in [-0.1, -0.05) is 0 Å². The van der Waals surface area contributed by atoms with Crippen molar-refractivity contribution in [2.45, 2.75) is 50.7 Å². The third kappa shape index (κ3) is 2.62. The number of carbonyl (C=O) groups is 2. The van der Waals surface area contributed by atoms with Gasteiger partial charge in [-0.25, -0.2) is 4.79 Å². The largest absolute Gasteiger partial charge is 0.481 e. The lowest BCUT2D eigenvalue weighted by Gasteiger charge is -2.25. The van der Waals surface area contributed by atoms with Crippen LogP contribution in [0.25, 0.3) is 0 Å². The Balaban J connectivity index is 1.60. The zero-order valence-electron chi connectivity index (χ0n) is 12.0. The van der Waals surface area contributed by atoms with E-state index in [4.69, 9.17) is 4.42 Å². The van der Waals surface area contributed by atoms with Gasteiger partial charge in [-0.05, 0) is 38.3 Å². The van der Waals surface area contributed by atoms with Crippen LogP contribution in [0.15, 0.2) is 22.8 Å². The molecule has 3 heterocycles. The molecule has 0 spiro atoms. The van der Waals surface area contributed by atoms with Crippen molar-refractivity contribution in [3.05, 3.63) is 24.2 Å². The molecule has 21 heavy (non-hydrogen) atoms. The molecule has 1 aromatic rings. The van der Waals surface area contributed by atoms with Gasteiger partial charge in [0.25, 0.3) is 0 Å². The highest BCUT2D eigenvalue weighted by Crippen LogP contribution is 2.41. The molecule has 0 aromatic carbocycles. The molecule has 4 atom stereocenters. The van der Waals surface area contributed by atoms with Crippen LogP contribution in [0.4, 0.5) is 4.79 Å². The normalized spacial score (nSPS) is 28.6. The molecular formula is C15H20N2O4. The van der Waals surface area contributed by atoms with E-state index in [1.807, 2.05) is 19.1 Å². The highest BCUT2D eigenvalue weighted by Gasteiger charge is 2.51. The highest BCUT2D eigenvalue weighted by molar-refractivity contribution is 5.79. The van der Waals surface area contributed by atoms with E-state index in [-0.39, 0.29) is 24.2 Å². The molecule has 2 amide bonds. The zero-order chi connectivity index (χ0) is 15.0. The zero-order valence-corrected chi connectivity index (χ0v) is 12.0. The molecule has 2 aliphatic rings. The number of aliphatic carboxylic acids is 1. The molecule has 3 rings (SSSR count). The molecule has 6 nitrogen and oxygen atoms in total. The summed E-state index contributed by atoms with van der Waals surface area (Å²) in [6.07, 6.45) is 4.53. The molecular weight excluding hydrogens is 272 g/mol. The standard InChI is InChI=1S/C15H20N2O4/c1-9(7-11-3-2-6-21-11)16-15(20)17-10-4-5-13(17)12(8-10)14(18)19/h2-3,6,9-10,12-13H,4-5,7-8H2,1H3,(H,16,20)(H,18,19). The Morgan fingerprint density at radius 2 is 2.33 bits per heavy atom. The summed E-state index contributed by atoms with van der Waals surface area (Å²) in [7, 11) is 0. The monoisotopic (exact) mass is 292 g/mol. The minimum absolute atomic E-state index is 0.0491. The molecule has 1 aromatic heterocycles. The fourth-order valence-electron chi connectivity index (χ4n) is 3.64. The number of furan rings is 1. The first-order valence-corrected chi connectivity index (χ1v) is 7.40. The number of urea groups is 1. The molecule has 2 fully saturated rings. The number of nitrogens with one attached hydrogen (secondary N) is 1. The van der Waals surface area contributed by atoms with E-state index >= 15 is 0 Å². The lowest BCUT2D eigenvalue weighted by Crippen LogP contribution is -2.47. The molecule has 2 bridgehead atoms. The lowest BCUT2D eigenvalue weighted by molar-refractivity contribution is -0.142. The van der Waals surface area contributed by atoms with Crippen LogP contribution in [0.1, 0.15) is 31.9 Å². The minimum Gasteiger partial charge on any atom is -0.481 e. The number of hydrogen-bond donors (Lipinski definition) is 2. The van der Waals surface area contributed by atoms with Gasteiger partial charge < -0.3 is 19.7 Å². The van der Waals surface area contributed by atoms with E-state index < -0.39 is 11.9 Å². The van der Waals surface area contributed by atoms with E-state index in [0.29, 0.717) is 12.8 Å². The summed E-state index contributed by atoms with van der Waals surface area (Å²) in [5.74, 6) is -0.367. The Morgan fingerprint density at radius 1 is 1.52 bits per heavy atom. The van der Waals surface area contributed by atoms with Crippen LogP contribution in [0.3, 0.4) is 0 Å². The van der Waals surface area contributed by atoms with Crippen LogP contribution in [-0.2, 0) is 11.2 Å². The van der Waals surface area contributed by atoms with E-state index in [0.717, 1.165) is 18.6 Å². The summed E-state index contributed by atoms with van der Waals surface area (Å²) < 4.78 is 5.27. The van der Waals surface area contributed by atoms with Crippen molar-refractivity contribution in [2.24, 2.45) is 5.92 Å². The van der Waals surface area contributed by atoms with Crippen LogP contribution < -0.4 is 5.32 Å². The number of nitrogens with zero attached hydrogens (tertiary/aromatic N) is 1. The molecule has 0 saturated carbocycles. The van der Waals surface area contributed by atoms with Crippen LogP contribution in [0.5, 0.6) is 0 Å². The summed E-state index contributed by atoms with van der Waals surface area (Å²) in [4.78, 5) is 25.4. The van der Waals surface area contributed by atoms with Crippen molar-refractivity contribution in [1.82, 2.24) is 10.2 Å². The predicted molar refractivity (Wildman–Crippen MR) is 74.8 cm³/mol. The van der Waals surface area contributed by atoms with Gasteiger partial charge in [0.15, 0.2) is 0 Å². The Labute approximate surface area is 123 Å². The second-order valence-electron chi connectivity index (χ2n) is 6.02. The maximum absolute atomic E-state index is 12.4. The van der Waals surface area contributed by atoms with Crippen LogP contribution in [-0.4, -0.2) is 40.1 Å². The smallest absolute Gasteiger partial charge is 0.318 e. The molecule has 2 aliphatic heterocycles. The Hall–Kier alpha value is -1.98. The van der Waals surface area contributed by atoms with Gasteiger partial charge in [0.2, 0.25) is 0 Å². The molecule has 114 valence electrons. The number of amides is 2. The van der Waals surface area contributed by atoms with Crippen molar-refractivity contribution < 1.29 is 19.1 Å². The first-order valence-electron chi connectivity index (χ1n) is 7.40. The second-order valence-corrected chi connectivity index (χ2v) is 6.02. The van der Waals surface area contributed by atoms with Crippen LogP contribution in [0.2, 0.25) is 0 Å². The fraction of sp³-hybridized carbons (Fsp3) is 0.600. The van der Waals surface area contributed by atoms with Crippen molar-refractivity contribution in [1.29, 1.82) is 0 Å². The number of rotatable bonds is 4. The average Bonchev–Trinajstić information content (AvgIpc) is 3.12. The van der Waals surface area contributed by atoms with Gasteiger partial charge in [0, 0.05) is 24.5 Å². The molecule has 4 unspecified atom stereocenters. The maximum Gasteiger partial charge on any atom is 0.318 e. The van der Waals surface area contributed by atoms with Gasteiger partial charge in [0.05, 0.1) is 12.2 Å². The lowest BCUT2D eigenvalue weighted by atomic mass is 9.89. The topological polar surface area (TPSA) is 82.8 Å². The number of fused-ring (bicyclic) bond motifs is 2. The number of carbonyl (C=O) groups excluding carboxylic acids is 1. The maximum atomic E-state index is 12.4. The summed E-state index contributed by atoms with van der Waals surface area (Å²) in [6.45, 7) is 1.92. The summed E-state index contributed by atoms with van der Waals surface area (Å²) in [6, 6.07) is 3.43. The van der Waals surface area contributed by atoms with Crippen LogP contribution >= 0.6 is 0 Å². The van der Waals surface area contributed by atoms with Gasteiger partial charge in [0.1, 0.15) is 5.76 Å². The molecule has 2 saturated heterocycles. The number of carboxylic acids is 1. The molecule has 2 N–H and O–H groups in total. The number of carboxylic acid groups (broad SMARTS) is 1. The summed E-state index contributed by atoms with van der Waals surface area (Å²) in [5, 5.41) is 12.2. The van der Waals surface area contributed by atoms with Crippen LogP contribution in [0, 0.1) is 5.92 Å². The van der Waals surface area contributed by atoms with E-state index in [2.05, 4.69) is 5.32 Å². The summed E-state index contributed by atoms with van der Waals surface area (Å²) >= 11 is 0. The third-order valence-electron chi connectivity index (χ3n) is 4.55. The Kier molecular flexibility index (Phi) is 3.61. The van der Waals surface area contributed by atoms with Crippen molar-refractivity contribution >= 4 is 12.0 Å². The van der Waals surface area contributed by atoms with Crippen molar-refractivity contribution in [3.8, 4) is 0 Å². The van der Waals surface area contributed by atoms with E-state index in [9.17, 15) is 14.7 Å². The van der Waals surface area contributed by atoms with Crippen molar-refractivity contribution in [2.75, 3.05) is 0 Å². The second kappa shape index (κ2) is 5.42. The van der Waals surface area contributed by atoms with Gasteiger partial charge in [-0.2, -0.15) is 0 Å². The predicted octanol–water partition coefficient (Wildman–Crippen LogP) is 1.86. The van der Waals surface area contributed by atoms with E-state index in [1.165, 1.54) is 0 Å².